The summed E-state index contributed by atoms with van der Waals surface area (Å²) in [7, 11) is 0.641. The lowest BCUT2D eigenvalue weighted by molar-refractivity contribution is 0.295. The van der Waals surface area contributed by atoms with Crippen molar-refractivity contribution in [2.75, 3.05) is 18.0 Å². The van der Waals surface area contributed by atoms with E-state index >= 15 is 0 Å². The van der Waals surface area contributed by atoms with Crippen LogP contribution in [0, 0.1) is 0 Å². The Morgan fingerprint density at radius 3 is 1.80 bits per heavy atom. The zero-order valence-corrected chi connectivity index (χ0v) is 28.6. The van der Waals surface area contributed by atoms with Crippen molar-refractivity contribution in [2.24, 2.45) is 0 Å². The van der Waals surface area contributed by atoms with E-state index < -0.39 is 0 Å². The summed E-state index contributed by atoms with van der Waals surface area (Å²) in [5, 5.41) is 1.44. The topological polar surface area (TPSA) is 12.5 Å². The molecule has 1 unspecified atom stereocenters. The number of hydrogen-bond acceptors (Lipinski definition) is 2. The van der Waals surface area contributed by atoms with E-state index in [9.17, 15) is 0 Å². The van der Waals surface area contributed by atoms with Gasteiger partial charge in [0.05, 0.1) is 0 Å². The largest absolute Gasteiger partial charge is 0.488 e. The van der Waals surface area contributed by atoms with Crippen LogP contribution in [-0.2, 0) is 24.6 Å². The summed E-state index contributed by atoms with van der Waals surface area (Å²) in [6.07, 6.45) is 7.77. The predicted molar refractivity (Wildman–Crippen MR) is 198 cm³/mol. The van der Waals surface area contributed by atoms with Gasteiger partial charge in [-0.1, -0.05) is 144 Å². The van der Waals surface area contributed by atoms with Crippen molar-refractivity contribution in [1.29, 1.82) is 0 Å². The van der Waals surface area contributed by atoms with E-state index in [1.54, 1.807) is 0 Å². The molecule has 236 valence electrons. The molecule has 0 aliphatic carbocycles. The lowest BCUT2D eigenvalue weighted by Gasteiger charge is -2.38. The Hall–Kier alpha value is -3.87. The van der Waals surface area contributed by atoms with Crippen LogP contribution < -0.4 is 14.9 Å². The van der Waals surface area contributed by atoms with Gasteiger partial charge in [0.1, 0.15) is 12.4 Å². The molecule has 0 saturated carbocycles. The molecule has 5 aromatic carbocycles. The third kappa shape index (κ3) is 7.73. The van der Waals surface area contributed by atoms with Gasteiger partial charge in [-0.05, 0) is 77.7 Å². The summed E-state index contributed by atoms with van der Waals surface area (Å²) >= 11 is 0. The Morgan fingerprint density at radius 2 is 1.17 bits per heavy atom. The normalized spacial score (nSPS) is 13.7. The van der Waals surface area contributed by atoms with Gasteiger partial charge in [-0.3, -0.25) is 0 Å². The Bertz CT molecular complexity index is 1660. The second kappa shape index (κ2) is 15.6. The van der Waals surface area contributed by atoms with E-state index in [1.807, 2.05) is 0 Å². The fourth-order valence-electron chi connectivity index (χ4n) is 7.01. The zero-order chi connectivity index (χ0) is 31.6. The molecule has 0 radical (unpaired) electrons. The lowest BCUT2D eigenvalue weighted by atomic mass is 9.86. The molecule has 5 aromatic rings. The van der Waals surface area contributed by atoms with Gasteiger partial charge in [0, 0.05) is 35.9 Å². The molecule has 2 nitrogen and oxygen atoms in total. The van der Waals surface area contributed by atoms with E-state index in [2.05, 4.69) is 146 Å². The van der Waals surface area contributed by atoms with Crippen molar-refractivity contribution >= 4 is 19.6 Å². The summed E-state index contributed by atoms with van der Waals surface area (Å²) in [6, 6.07) is 46.6. The molecule has 0 bridgehead atoms. The fraction of sp³-hybridized carbons (Fsp3) is 0.302. The molecule has 1 aliphatic heterocycles. The van der Waals surface area contributed by atoms with Gasteiger partial charge in [0.25, 0.3) is 0 Å². The minimum Gasteiger partial charge on any atom is -0.488 e. The third-order valence-corrected chi connectivity index (χ3v) is 11.8. The molecule has 0 amide bonds. The van der Waals surface area contributed by atoms with Gasteiger partial charge >= 0.3 is 0 Å². The smallest absolute Gasteiger partial charge is 0.127 e. The summed E-state index contributed by atoms with van der Waals surface area (Å²) < 4.78 is 7.02. The Labute approximate surface area is 278 Å². The maximum Gasteiger partial charge on any atom is 0.127 e. The molecule has 6 rings (SSSR count). The van der Waals surface area contributed by atoms with Gasteiger partial charge in [-0.25, -0.2) is 0 Å². The number of ether oxygens (including phenoxy) is 1. The van der Waals surface area contributed by atoms with Gasteiger partial charge in [-0.2, -0.15) is 0 Å². The molecule has 3 heteroatoms. The number of nitrogens with zero attached hydrogens (tertiary/aromatic N) is 1. The maximum absolute atomic E-state index is 7.02. The van der Waals surface area contributed by atoms with Crippen LogP contribution >= 0.6 is 8.58 Å². The summed E-state index contributed by atoms with van der Waals surface area (Å²) in [6.45, 7) is 7.66. The van der Waals surface area contributed by atoms with Crippen molar-refractivity contribution in [3.8, 4) is 5.75 Å². The van der Waals surface area contributed by atoms with E-state index in [1.165, 1.54) is 63.6 Å². The fourth-order valence-corrected chi connectivity index (χ4v) is 8.75. The Morgan fingerprint density at radius 1 is 0.609 bits per heavy atom. The number of rotatable bonds is 13. The van der Waals surface area contributed by atoms with Crippen LogP contribution in [0.25, 0.3) is 0 Å². The number of piperidine rings is 1. The monoisotopic (exact) mass is 625 g/mol. The molecule has 1 atom stereocenters. The number of anilines is 1. The molecule has 46 heavy (non-hydrogen) atoms. The van der Waals surface area contributed by atoms with Crippen LogP contribution in [0.3, 0.4) is 0 Å². The first-order valence-electron chi connectivity index (χ1n) is 17.2. The first-order chi connectivity index (χ1) is 22.7. The summed E-state index contributed by atoms with van der Waals surface area (Å²) in [5.74, 6) is 1.08. The van der Waals surface area contributed by atoms with Crippen molar-refractivity contribution < 1.29 is 4.74 Å². The zero-order valence-electron chi connectivity index (χ0n) is 27.6. The molecule has 1 heterocycles. The molecular formula is C43H48NOP. The van der Waals surface area contributed by atoms with E-state index in [4.69, 9.17) is 4.74 Å². The number of para-hydroxylation sites is 1. The third-order valence-electron chi connectivity index (χ3n) is 9.64. The van der Waals surface area contributed by atoms with Gasteiger partial charge in [0.15, 0.2) is 0 Å². The molecule has 0 spiro atoms. The highest BCUT2D eigenvalue weighted by molar-refractivity contribution is 7.49. The van der Waals surface area contributed by atoms with Crippen molar-refractivity contribution in [1.82, 2.24) is 0 Å². The van der Waals surface area contributed by atoms with Crippen molar-refractivity contribution in [2.45, 2.75) is 70.6 Å². The van der Waals surface area contributed by atoms with E-state index in [0.29, 0.717) is 15.2 Å². The van der Waals surface area contributed by atoms with Gasteiger partial charge in [-0.15, -0.1) is 0 Å². The number of benzene rings is 5. The van der Waals surface area contributed by atoms with Crippen LogP contribution in [0.1, 0.15) is 79.3 Å². The van der Waals surface area contributed by atoms with Crippen LogP contribution in [0.4, 0.5) is 5.69 Å². The average molecular weight is 626 g/mol. The van der Waals surface area contributed by atoms with E-state index in [-0.39, 0.29) is 5.16 Å². The molecular weight excluding hydrogens is 577 g/mol. The van der Waals surface area contributed by atoms with Crippen molar-refractivity contribution in [3.63, 3.8) is 0 Å². The molecule has 1 fully saturated rings. The Kier molecular flexibility index (Phi) is 10.9. The van der Waals surface area contributed by atoms with E-state index in [0.717, 1.165) is 44.5 Å². The molecule has 1 aliphatic rings. The van der Waals surface area contributed by atoms with Gasteiger partial charge < -0.3 is 9.64 Å². The van der Waals surface area contributed by atoms with Crippen LogP contribution in [-0.4, -0.2) is 13.1 Å². The van der Waals surface area contributed by atoms with Gasteiger partial charge in [0.2, 0.25) is 0 Å². The number of hydrogen-bond donors (Lipinski definition) is 0. The average Bonchev–Trinajstić information content (AvgIpc) is 3.12. The SMILES string of the molecule is CCC(CC)(Pc1ccccc1N1CCCCC1)c1cc(Cc2ccccc2)cc(Cc2ccccc2)c1OCc1ccccc1. The van der Waals surface area contributed by atoms with Crippen LogP contribution in [0.2, 0.25) is 0 Å². The van der Waals surface area contributed by atoms with Crippen molar-refractivity contribution in [3.05, 3.63) is 161 Å². The summed E-state index contributed by atoms with van der Waals surface area (Å²) in [4.78, 5) is 2.64. The summed E-state index contributed by atoms with van der Waals surface area (Å²) in [5.41, 5.74) is 9.30. The van der Waals surface area contributed by atoms with Crippen LogP contribution in [0.15, 0.2) is 127 Å². The minimum absolute atomic E-state index is 0.0456. The Balaban J connectivity index is 1.49. The second-order valence-electron chi connectivity index (χ2n) is 12.7. The maximum atomic E-state index is 7.02. The standard InChI is InChI=1S/C43H48NOP/c1-3-43(4-2,46-41-26-16-15-25-40(41)44-27-17-8-18-28-44)39-32-37(29-34-19-9-5-10-20-34)31-38(30-35-21-11-6-12-22-35)42(39)45-33-36-23-13-7-14-24-36/h5-7,9-16,19-26,31-32,46H,3-4,8,17-18,27-30,33H2,1-2H3. The second-order valence-corrected chi connectivity index (χ2v) is 14.5. The first kappa shape index (κ1) is 32.1. The van der Waals surface area contributed by atoms with Crippen LogP contribution in [0.5, 0.6) is 5.75 Å². The highest BCUT2D eigenvalue weighted by Gasteiger charge is 2.35. The molecule has 0 N–H and O–H groups in total. The predicted octanol–water partition coefficient (Wildman–Crippen LogP) is 10.5. The molecule has 0 aromatic heterocycles. The minimum atomic E-state index is -0.0456. The lowest BCUT2D eigenvalue weighted by Crippen LogP contribution is -2.33. The quantitative estimate of drug-likeness (QED) is 0.121. The first-order valence-corrected chi connectivity index (χ1v) is 18.2. The molecule has 1 saturated heterocycles. The highest BCUT2D eigenvalue weighted by Crippen LogP contribution is 2.52. The highest BCUT2D eigenvalue weighted by atomic mass is 31.1.